The molecule has 7 heteroatoms. The van der Waals surface area contributed by atoms with Crippen LogP contribution in [0.15, 0.2) is 83.7 Å². The van der Waals surface area contributed by atoms with Crippen LogP contribution in [0.2, 0.25) is 0 Å². The second-order valence-electron chi connectivity index (χ2n) is 8.57. The highest BCUT2D eigenvalue weighted by molar-refractivity contribution is 5.89. The molecular weight excluding hydrogens is 452 g/mol. The van der Waals surface area contributed by atoms with E-state index in [1.54, 1.807) is 15.5 Å². The molecule has 0 radical (unpaired) electrons. The number of fused-ring (bicyclic) bond motifs is 1. The number of ether oxygens (including phenoxy) is 1. The molecule has 0 spiro atoms. The van der Waals surface area contributed by atoms with Crippen molar-refractivity contribution in [3.05, 3.63) is 95.0 Å². The zero-order valence-electron chi connectivity index (χ0n) is 21.0. The molecule has 36 heavy (non-hydrogen) atoms. The third-order valence-electron chi connectivity index (χ3n) is 6.09. The third kappa shape index (κ3) is 5.40. The molecule has 0 aliphatic rings. The molecule has 7 nitrogen and oxygen atoms in total. The molecule has 0 bridgehead atoms. The summed E-state index contributed by atoms with van der Waals surface area (Å²) in [6.07, 6.45) is 1.76. The van der Waals surface area contributed by atoms with Gasteiger partial charge in [0.05, 0.1) is 29.2 Å². The van der Waals surface area contributed by atoms with Crippen molar-refractivity contribution >= 4 is 22.6 Å². The van der Waals surface area contributed by atoms with E-state index in [1.165, 1.54) is 0 Å². The van der Waals surface area contributed by atoms with Gasteiger partial charge in [0.15, 0.2) is 0 Å². The molecular formula is C29H32N4O3. The van der Waals surface area contributed by atoms with Crippen molar-refractivity contribution in [2.75, 3.05) is 18.5 Å². The summed E-state index contributed by atoms with van der Waals surface area (Å²) in [7, 11) is 0. The number of urea groups is 1. The van der Waals surface area contributed by atoms with Gasteiger partial charge in [-0.25, -0.2) is 9.78 Å². The Balaban J connectivity index is 1.81. The fourth-order valence-electron chi connectivity index (χ4n) is 4.19. The molecule has 1 unspecified atom stereocenters. The Morgan fingerprint density at radius 2 is 1.69 bits per heavy atom. The predicted octanol–water partition coefficient (Wildman–Crippen LogP) is 6.18. The molecule has 2 amide bonds. The van der Waals surface area contributed by atoms with Gasteiger partial charge in [0, 0.05) is 12.2 Å². The van der Waals surface area contributed by atoms with Crippen LogP contribution < -0.4 is 15.6 Å². The smallest absolute Gasteiger partial charge is 0.322 e. The molecule has 4 rings (SSSR count). The van der Waals surface area contributed by atoms with Gasteiger partial charge in [-0.2, -0.15) is 0 Å². The van der Waals surface area contributed by atoms with Crippen LogP contribution in [-0.4, -0.2) is 33.6 Å². The van der Waals surface area contributed by atoms with Gasteiger partial charge in [-0.3, -0.25) is 9.36 Å². The summed E-state index contributed by atoms with van der Waals surface area (Å²) in [5.74, 6) is 1.23. The molecule has 3 aromatic carbocycles. The predicted molar refractivity (Wildman–Crippen MR) is 144 cm³/mol. The Labute approximate surface area is 211 Å². The van der Waals surface area contributed by atoms with Crippen molar-refractivity contribution in [3.63, 3.8) is 0 Å². The van der Waals surface area contributed by atoms with Crippen molar-refractivity contribution < 1.29 is 9.53 Å². The van der Waals surface area contributed by atoms with E-state index in [9.17, 15) is 9.59 Å². The first-order valence-corrected chi connectivity index (χ1v) is 12.4. The lowest BCUT2D eigenvalue weighted by Gasteiger charge is -2.30. The van der Waals surface area contributed by atoms with E-state index < -0.39 is 6.04 Å². The van der Waals surface area contributed by atoms with Crippen LogP contribution in [0, 0.1) is 0 Å². The summed E-state index contributed by atoms with van der Waals surface area (Å²) in [6, 6.07) is 23.3. The van der Waals surface area contributed by atoms with Crippen molar-refractivity contribution in [2.45, 2.75) is 39.7 Å². The number of benzene rings is 3. The van der Waals surface area contributed by atoms with Gasteiger partial charge in [-0.1, -0.05) is 43.7 Å². The maximum Gasteiger partial charge on any atom is 0.322 e. The average molecular weight is 485 g/mol. The average Bonchev–Trinajstić information content (AvgIpc) is 2.90. The van der Waals surface area contributed by atoms with Crippen LogP contribution in [0.5, 0.6) is 5.75 Å². The van der Waals surface area contributed by atoms with Crippen molar-refractivity contribution in [1.29, 1.82) is 0 Å². The fraction of sp³-hybridized carbons (Fsp3) is 0.276. The van der Waals surface area contributed by atoms with E-state index in [2.05, 4.69) is 12.2 Å². The standard InChI is InChI=1S/C29H32N4O3/c1-4-6-20-32(29(35)30-22-12-8-7-9-13-22)21(3)27-31-26-15-11-10-14-25(26)28(34)33(27)23-16-18-24(19-17-23)36-5-2/h7-19,21H,4-6,20H2,1-3H3,(H,30,35). The fourth-order valence-corrected chi connectivity index (χ4v) is 4.19. The number of anilines is 1. The zero-order valence-corrected chi connectivity index (χ0v) is 21.0. The lowest BCUT2D eigenvalue weighted by Crippen LogP contribution is -2.40. The molecule has 0 saturated heterocycles. The van der Waals surface area contributed by atoms with Gasteiger partial charge in [0.2, 0.25) is 0 Å². The highest BCUT2D eigenvalue weighted by atomic mass is 16.5. The minimum absolute atomic E-state index is 0.175. The van der Waals surface area contributed by atoms with Crippen LogP contribution in [0.1, 0.15) is 45.5 Å². The molecule has 1 aromatic heterocycles. The summed E-state index contributed by atoms with van der Waals surface area (Å²) < 4.78 is 7.19. The molecule has 0 saturated carbocycles. The van der Waals surface area contributed by atoms with E-state index in [0.717, 1.165) is 18.6 Å². The number of nitrogens with one attached hydrogen (secondary N) is 1. The number of rotatable bonds is 9. The number of unbranched alkanes of at least 4 members (excludes halogenated alkanes) is 1. The van der Waals surface area contributed by atoms with E-state index in [1.807, 2.05) is 86.6 Å². The van der Waals surface area contributed by atoms with Crippen LogP contribution >= 0.6 is 0 Å². The maximum atomic E-state index is 13.7. The summed E-state index contributed by atoms with van der Waals surface area (Å²) in [4.78, 5) is 33.8. The quantitative estimate of drug-likeness (QED) is 0.308. The van der Waals surface area contributed by atoms with Gasteiger partial charge in [0.1, 0.15) is 11.6 Å². The minimum Gasteiger partial charge on any atom is -0.494 e. The number of carbonyl (C=O) groups is 1. The largest absolute Gasteiger partial charge is 0.494 e. The summed E-state index contributed by atoms with van der Waals surface area (Å²) in [5, 5.41) is 3.51. The monoisotopic (exact) mass is 484 g/mol. The zero-order chi connectivity index (χ0) is 25.5. The Kier molecular flexibility index (Phi) is 8.00. The first-order chi connectivity index (χ1) is 17.5. The number of hydrogen-bond acceptors (Lipinski definition) is 4. The van der Waals surface area contributed by atoms with E-state index in [-0.39, 0.29) is 11.6 Å². The lowest BCUT2D eigenvalue weighted by molar-refractivity contribution is 0.188. The summed E-state index contributed by atoms with van der Waals surface area (Å²) in [5.41, 5.74) is 1.81. The first-order valence-electron chi connectivity index (χ1n) is 12.4. The van der Waals surface area contributed by atoms with Gasteiger partial charge >= 0.3 is 6.03 Å². The van der Waals surface area contributed by atoms with Crippen molar-refractivity contribution in [1.82, 2.24) is 14.5 Å². The van der Waals surface area contributed by atoms with Crippen LogP contribution in [0.4, 0.5) is 10.5 Å². The van der Waals surface area contributed by atoms with Gasteiger partial charge < -0.3 is 15.0 Å². The number of amides is 2. The van der Waals surface area contributed by atoms with E-state index in [4.69, 9.17) is 9.72 Å². The van der Waals surface area contributed by atoms with Gasteiger partial charge in [0.25, 0.3) is 5.56 Å². The number of carbonyl (C=O) groups excluding carboxylic acids is 1. The SMILES string of the molecule is CCCCN(C(=O)Nc1ccccc1)C(C)c1nc2ccccc2c(=O)n1-c1ccc(OCC)cc1. The molecule has 1 heterocycles. The maximum absolute atomic E-state index is 13.7. The normalized spacial score (nSPS) is 11.8. The Morgan fingerprint density at radius 1 is 1.00 bits per heavy atom. The second-order valence-corrected chi connectivity index (χ2v) is 8.57. The number of para-hydroxylation sites is 2. The highest BCUT2D eigenvalue weighted by Gasteiger charge is 2.26. The Morgan fingerprint density at radius 3 is 2.39 bits per heavy atom. The van der Waals surface area contributed by atoms with Crippen molar-refractivity contribution in [3.8, 4) is 11.4 Å². The number of hydrogen-bond donors (Lipinski definition) is 1. The van der Waals surface area contributed by atoms with E-state index in [0.29, 0.717) is 41.3 Å². The minimum atomic E-state index is -0.468. The Hall–Kier alpha value is -4.13. The van der Waals surface area contributed by atoms with Gasteiger partial charge in [-0.15, -0.1) is 0 Å². The molecule has 186 valence electrons. The van der Waals surface area contributed by atoms with E-state index >= 15 is 0 Å². The molecule has 4 aromatic rings. The van der Waals surface area contributed by atoms with Crippen LogP contribution in [0.25, 0.3) is 16.6 Å². The highest BCUT2D eigenvalue weighted by Crippen LogP contribution is 2.25. The Bertz CT molecular complexity index is 1370. The molecule has 0 aliphatic carbocycles. The van der Waals surface area contributed by atoms with Crippen LogP contribution in [0.3, 0.4) is 0 Å². The summed E-state index contributed by atoms with van der Waals surface area (Å²) in [6.45, 7) is 7.02. The molecule has 1 N–H and O–H groups in total. The van der Waals surface area contributed by atoms with Crippen molar-refractivity contribution in [2.24, 2.45) is 0 Å². The van der Waals surface area contributed by atoms with Crippen LogP contribution in [-0.2, 0) is 0 Å². The third-order valence-corrected chi connectivity index (χ3v) is 6.09. The molecule has 1 atom stereocenters. The number of aromatic nitrogens is 2. The topological polar surface area (TPSA) is 76.5 Å². The number of nitrogens with zero attached hydrogens (tertiary/aromatic N) is 3. The lowest BCUT2D eigenvalue weighted by atomic mass is 10.1. The summed E-state index contributed by atoms with van der Waals surface area (Å²) >= 11 is 0. The first kappa shape index (κ1) is 25.0. The second kappa shape index (κ2) is 11.5. The molecule has 0 fully saturated rings. The van der Waals surface area contributed by atoms with Gasteiger partial charge in [-0.05, 0) is 68.8 Å². The molecule has 0 aliphatic heterocycles.